The monoisotopic (exact) mass is 139 g/mol. The molecule has 0 bridgehead atoms. The molecule has 2 heteroatoms. The molecule has 2 fully saturated rings. The van der Waals surface area contributed by atoms with Gasteiger partial charge in [0.05, 0.1) is 6.04 Å². The van der Waals surface area contributed by atoms with Gasteiger partial charge in [0.25, 0.3) is 0 Å². The Balaban J connectivity index is 2.08. The highest BCUT2D eigenvalue weighted by Gasteiger charge is 2.41. The molecule has 2 rings (SSSR count). The fraction of sp³-hybridized carbons (Fsp3) is 0.875. The Labute approximate surface area is 61.2 Å². The molecule has 2 nitrogen and oxygen atoms in total. The van der Waals surface area contributed by atoms with E-state index in [2.05, 4.69) is 11.9 Å². The summed E-state index contributed by atoms with van der Waals surface area (Å²) in [5.41, 5.74) is 0. The first-order valence-electron chi connectivity index (χ1n) is 4.02. The van der Waals surface area contributed by atoms with Crippen molar-refractivity contribution in [1.82, 2.24) is 4.90 Å². The van der Waals surface area contributed by atoms with Crippen LogP contribution in [0.2, 0.25) is 0 Å². The van der Waals surface area contributed by atoms with E-state index in [0.29, 0.717) is 11.8 Å². The number of hydrogen-bond acceptors (Lipinski definition) is 2. The molecule has 0 amide bonds. The summed E-state index contributed by atoms with van der Waals surface area (Å²) in [6, 6.07) is 0.306. The third-order valence-electron chi connectivity index (χ3n) is 2.58. The fourth-order valence-electron chi connectivity index (χ4n) is 1.85. The van der Waals surface area contributed by atoms with Crippen LogP contribution < -0.4 is 0 Å². The van der Waals surface area contributed by atoms with E-state index in [4.69, 9.17) is 0 Å². The number of likely N-dealkylation sites (N-methyl/N-ethyl adjacent to an activating group) is 1. The number of rotatable bonds is 1. The summed E-state index contributed by atoms with van der Waals surface area (Å²) >= 11 is 0. The van der Waals surface area contributed by atoms with Crippen molar-refractivity contribution in [3.8, 4) is 0 Å². The fourth-order valence-corrected chi connectivity index (χ4v) is 1.85. The van der Waals surface area contributed by atoms with E-state index in [1.807, 2.05) is 0 Å². The summed E-state index contributed by atoms with van der Waals surface area (Å²) in [4.78, 5) is 13.4. The first-order valence-corrected chi connectivity index (χ1v) is 4.02. The number of nitrogens with zero attached hydrogens (tertiary/aromatic N) is 1. The van der Waals surface area contributed by atoms with Gasteiger partial charge < -0.3 is 0 Å². The first kappa shape index (κ1) is 6.35. The number of hydrogen-bond donors (Lipinski definition) is 0. The lowest BCUT2D eigenvalue weighted by Crippen LogP contribution is -2.31. The molecule has 0 aromatic carbocycles. The van der Waals surface area contributed by atoms with Crippen molar-refractivity contribution in [3.63, 3.8) is 0 Å². The van der Waals surface area contributed by atoms with Crippen LogP contribution in [0.4, 0.5) is 0 Å². The summed E-state index contributed by atoms with van der Waals surface area (Å²) in [5, 5.41) is 0. The Hall–Kier alpha value is -0.370. The molecule has 1 aliphatic heterocycles. The molecule has 1 heterocycles. The van der Waals surface area contributed by atoms with Gasteiger partial charge in [-0.2, -0.15) is 0 Å². The third-order valence-corrected chi connectivity index (χ3v) is 2.58. The maximum atomic E-state index is 11.2. The number of Topliss-reactive ketones (excluding diaryl/α,β-unsaturated/α-hetero) is 1. The summed E-state index contributed by atoms with van der Waals surface area (Å²) < 4.78 is 0. The molecule has 1 aliphatic carbocycles. The highest BCUT2D eigenvalue weighted by Crippen LogP contribution is 2.37. The normalized spacial score (nSPS) is 35.3. The van der Waals surface area contributed by atoms with E-state index in [9.17, 15) is 4.79 Å². The van der Waals surface area contributed by atoms with E-state index in [1.54, 1.807) is 0 Å². The molecule has 0 N–H and O–H groups in total. The quantitative estimate of drug-likeness (QED) is 0.532. The average molecular weight is 139 g/mol. The molecule has 1 saturated carbocycles. The van der Waals surface area contributed by atoms with Crippen molar-refractivity contribution < 1.29 is 4.79 Å². The van der Waals surface area contributed by atoms with Gasteiger partial charge in [-0.25, -0.2) is 0 Å². The minimum absolute atomic E-state index is 0.306. The zero-order valence-corrected chi connectivity index (χ0v) is 6.34. The molecule has 0 aromatic heterocycles. The Morgan fingerprint density at radius 1 is 1.50 bits per heavy atom. The summed E-state index contributed by atoms with van der Waals surface area (Å²) in [5.74, 6) is 1.20. The maximum Gasteiger partial charge on any atom is 0.151 e. The highest BCUT2D eigenvalue weighted by molar-refractivity contribution is 5.86. The zero-order chi connectivity index (χ0) is 7.14. The summed E-state index contributed by atoms with van der Waals surface area (Å²) in [6.45, 7) is 0.986. The number of ketones is 1. The first-order chi connectivity index (χ1) is 4.79. The van der Waals surface area contributed by atoms with Crippen molar-refractivity contribution >= 4 is 5.78 Å². The molecule has 0 radical (unpaired) electrons. The largest absolute Gasteiger partial charge is 0.298 e. The van der Waals surface area contributed by atoms with Crippen molar-refractivity contribution in [2.24, 2.45) is 5.92 Å². The van der Waals surface area contributed by atoms with Gasteiger partial charge in [-0.3, -0.25) is 9.69 Å². The zero-order valence-electron chi connectivity index (χ0n) is 6.34. The molecule has 2 aliphatic rings. The topological polar surface area (TPSA) is 20.3 Å². The van der Waals surface area contributed by atoms with Crippen molar-refractivity contribution in [3.05, 3.63) is 0 Å². The summed E-state index contributed by atoms with van der Waals surface area (Å²) in [6.07, 6.45) is 3.35. The Morgan fingerprint density at radius 2 is 2.20 bits per heavy atom. The minimum Gasteiger partial charge on any atom is -0.298 e. The van der Waals surface area contributed by atoms with Crippen LogP contribution in [0.25, 0.3) is 0 Å². The maximum absolute atomic E-state index is 11.2. The standard InChI is InChI=1S/C8H13NO/c1-9-5-4-7(10)8(9)6-2-3-6/h6,8H,2-5H2,1H3. The van der Waals surface area contributed by atoms with Gasteiger partial charge in [-0.1, -0.05) is 0 Å². The van der Waals surface area contributed by atoms with E-state index >= 15 is 0 Å². The second kappa shape index (κ2) is 2.06. The van der Waals surface area contributed by atoms with Crippen LogP contribution in [0, 0.1) is 5.92 Å². The van der Waals surface area contributed by atoms with Crippen molar-refractivity contribution in [2.45, 2.75) is 25.3 Å². The lowest BCUT2D eigenvalue weighted by molar-refractivity contribution is -0.120. The van der Waals surface area contributed by atoms with Crippen LogP contribution in [-0.4, -0.2) is 30.3 Å². The summed E-state index contributed by atoms with van der Waals surface area (Å²) in [7, 11) is 2.06. The highest BCUT2D eigenvalue weighted by atomic mass is 16.1. The molecule has 1 atom stereocenters. The number of carbonyl (C=O) groups excluding carboxylic acids is 1. The van der Waals surface area contributed by atoms with E-state index in [0.717, 1.165) is 18.9 Å². The SMILES string of the molecule is CN1CCC(=O)C1C1CC1. The predicted octanol–water partition coefficient (Wildman–Crippen LogP) is 0.670. The van der Waals surface area contributed by atoms with Crippen molar-refractivity contribution in [2.75, 3.05) is 13.6 Å². The van der Waals surface area contributed by atoms with Crippen LogP contribution in [0.1, 0.15) is 19.3 Å². The lowest BCUT2D eigenvalue weighted by Gasteiger charge is -2.16. The molecular formula is C8H13NO. The average Bonchev–Trinajstić information content (AvgIpc) is 2.64. The minimum atomic E-state index is 0.306. The Morgan fingerprint density at radius 3 is 2.60 bits per heavy atom. The lowest BCUT2D eigenvalue weighted by atomic mass is 10.1. The third kappa shape index (κ3) is 0.870. The van der Waals surface area contributed by atoms with Crippen molar-refractivity contribution in [1.29, 1.82) is 0 Å². The molecule has 10 heavy (non-hydrogen) atoms. The molecule has 0 aromatic rings. The van der Waals surface area contributed by atoms with Crippen LogP contribution in [0.3, 0.4) is 0 Å². The number of carbonyl (C=O) groups is 1. The van der Waals surface area contributed by atoms with Crippen LogP contribution in [0.5, 0.6) is 0 Å². The van der Waals surface area contributed by atoms with Gasteiger partial charge in [0, 0.05) is 13.0 Å². The van der Waals surface area contributed by atoms with Gasteiger partial charge in [-0.05, 0) is 25.8 Å². The van der Waals surface area contributed by atoms with E-state index in [1.165, 1.54) is 12.8 Å². The van der Waals surface area contributed by atoms with Gasteiger partial charge in [0.15, 0.2) is 5.78 Å². The molecular weight excluding hydrogens is 126 g/mol. The van der Waals surface area contributed by atoms with Crippen LogP contribution in [0.15, 0.2) is 0 Å². The Kier molecular flexibility index (Phi) is 1.31. The predicted molar refractivity (Wildman–Crippen MR) is 38.8 cm³/mol. The molecule has 1 unspecified atom stereocenters. The molecule has 0 spiro atoms. The van der Waals surface area contributed by atoms with Gasteiger partial charge >= 0.3 is 0 Å². The van der Waals surface area contributed by atoms with E-state index in [-0.39, 0.29) is 0 Å². The van der Waals surface area contributed by atoms with Crippen LogP contribution in [-0.2, 0) is 4.79 Å². The molecule has 1 saturated heterocycles. The smallest absolute Gasteiger partial charge is 0.151 e. The Bertz CT molecular complexity index is 163. The van der Waals surface area contributed by atoms with Gasteiger partial charge in [0.1, 0.15) is 0 Å². The molecule has 56 valence electrons. The second-order valence-electron chi connectivity index (χ2n) is 3.48. The van der Waals surface area contributed by atoms with E-state index < -0.39 is 0 Å². The van der Waals surface area contributed by atoms with Gasteiger partial charge in [-0.15, -0.1) is 0 Å². The number of likely N-dealkylation sites (tertiary alicyclic amines) is 1. The van der Waals surface area contributed by atoms with Gasteiger partial charge in [0.2, 0.25) is 0 Å². The second-order valence-corrected chi connectivity index (χ2v) is 3.48. The van der Waals surface area contributed by atoms with Crippen LogP contribution >= 0.6 is 0 Å².